The first-order valence-corrected chi connectivity index (χ1v) is 4.27. The fourth-order valence-corrected chi connectivity index (χ4v) is 1.47. The molecule has 1 rings (SSSR count). The third kappa shape index (κ3) is 2.00. The van der Waals surface area contributed by atoms with E-state index in [1.165, 1.54) is 7.11 Å². The van der Waals surface area contributed by atoms with Gasteiger partial charge in [-0.2, -0.15) is 0 Å². The van der Waals surface area contributed by atoms with Crippen molar-refractivity contribution in [2.24, 2.45) is 5.92 Å². The van der Waals surface area contributed by atoms with Crippen molar-refractivity contribution >= 4 is 0 Å². The number of aliphatic hydroxyl groups excluding tert-OH is 3. The summed E-state index contributed by atoms with van der Waals surface area (Å²) in [5.74, 6) is -0.365. The summed E-state index contributed by atoms with van der Waals surface area (Å²) in [5, 5.41) is 27.9. The number of methoxy groups -OCH3 is 1. The van der Waals surface area contributed by atoms with Crippen molar-refractivity contribution in [1.82, 2.24) is 0 Å². The van der Waals surface area contributed by atoms with Crippen molar-refractivity contribution in [1.29, 1.82) is 0 Å². The molecule has 1 aliphatic heterocycles. The van der Waals surface area contributed by atoms with E-state index in [0.717, 1.165) is 0 Å². The summed E-state index contributed by atoms with van der Waals surface area (Å²) < 4.78 is 9.97. The van der Waals surface area contributed by atoms with Gasteiger partial charge >= 0.3 is 0 Å². The first-order valence-electron chi connectivity index (χ1n) is 4.27. The minimum atomic E-state index is -0.859. The first-order chi connectivity index (χ1) is 6.11. The molecule has 5 nitrogen and oxygen atoms in total. The van der Waals surface area contributed by atoms with Crippen molar-refractivity contribution in [3.8, 4) is 0 Å². The van der Waals surface area contributed by atoms with Crippen LogP contribution in [0.1, 0.15) is 6.92 Å². The van der Waals surface area contributed by atoms with E-state index < -0.39 is 24.6 Å². The van der Waals surface area contributed by atoms with Crippen LogP contribution in [-0.2, 0) is 9.47 Å². The third-order valence-electron chi connectivity index (χ3n) is 2.46. The lowest BCUT2D eigenvalue weighted by Crippen LogP contribution is -2.54. The number of hydrogen-bond donors (Lipinski definition) is 3. The fourth-order valence-electron chi connectivity index (χ4n) is 1.47. The van der Waals surface area contributed by atoms with E-state index in [0.29, 0.717) is 0 Å². The molecule has 1 fully saturated rings. The summed E-state index contributed by atoms with van der Waals surface area (Å²) in [6.45, 7) is 1.41. The average Bonchev–Trinajstić information content (AvgIpc) is 2.15. The predicted octanol–water partition coefficient (Wildman–Crippen LogP) is -1.29. The Kier molecular flexibility index (Phi) is 3.63. The smallest absolute Gasteiger partial charge is 0.183 e. The van der Waals surface area contributed by atoms with Crippen molar-refractivity contribution in [2.45, 2.75) is 31.5 Å². The molecule has 1 heterocycles. The molecule has 1 aliphatic rings. The van der Waals surface area contributed by atoms with Crippen LogP contribution in [0.4, 0.5) is 0 Å². The number of hydrogen-bond acceptors (Lipinski definition) is 5. The minimum Gasteiger partial charge on any atom is -0.394 e. The molecular weight excluding hydrogens is 176 g/mol. The maximum absolute atomic E-state index is 9.53. The van der Waals surface area contributed by atoms with E-state index in [1.54, 1.807) is 6.92 Å². The van der Waals surface area contributed by atoms with Crippen molar-refractivity contribution in [3.63, 3.8) is 0 Å². The Morgan fingerprint density at radius 3 is 2.38 bits per heavy atom. The quantitative estimate of drug-likeness (QED) is 0.507. The zero-order valence-electron chi connectivity index (χ0n) is 7.75. The van der Waals surface area contributed by atoms with Crippen LogP contribution < -0.4 is 0 Å². The molecular formula is C8H16O5. The predicted molar refractivity (Wildman–Crippen MR) is 43.9 cm³/mol. The van der Waals surface area contributed by atoms with Gasteiger partial charge in [0.15, 0.2) is 6.29 Å². The van der Waals surface area contributed by atoms with Gasteiger partial charge in [-0.3, -0.25) is 0 Å². The molecule has 0 aromatic heterocycles. The van der Waals surface area contributed by atoms with E-state index in [1.807, 2.05) is 0 Å². The highest BCUT2D eigenvalue weighted by Crippen LogP contribution is 2.25. The van der Waals surface area contributed by atoms with Gasteiger partial charge in [-0.1, -0.05) is 6.92 Å². The molecule has 1 saturated heterocycles. The summed E-state index contributed by atoms with van der Waals surface area (Å²) in [6.07, 6.45) is -3.16. The van der Waals surface area contributed by atoms with Crippen molar-refractivity contribution in [3.05, 3.63) is 0 Å². The molecule has 0 radical (unpaired) electrons. The van der Waals surface area contributed by atoms with Crippen LogP contribution in [0.15, 0.2) is 0 Å². The summed E-state index contributed by atoms with van der Waals surface area (Å²) in [6, 6.07) is 0. The number of aliphatic hydroxyl groups is 3. The second-order valence-corrected chi connectivity index (χ2v) is 3.30. The summed E-state index contributed by atoms with van der Waals surface area (Å²) in [7, 11) is 1.41. The Bertz CT molecular complexity index is 143. The molecule has 0 bridgehead atoms. The number of ether oxygens (including phenoxy) is 2. The molecule has 0 aliphatic carbocycles. The fraction of sp³-hybridized carbons (Fsp3) is 1.00. The van der Waals surface area contributed by atoms with Gasteiger partial charge in [-0.05, 0) is 0 Å². The van der Waals surface area contributed by atoms with Gasteiger partial charge in [0.2, 0.25) is 0 Å². The average molecular weight is 192 g/mol. The highest BCUT2D eigenvalue weighted by Gasteiger charge is 2.41. The molecule has 0 aromatic rings. The standard InChI is InChI=1S/C8H16O5/c1-4-6(10)5(3-9)13-8(12-2)7(4)11/h4-11H,3H2,1-2H3/t4-,5+,6-,7+,8-/m0/s1. The molecule has 5 heteroatoms. The lowest BCUT2D eigenvalue weighted by Gasteiger charge is -2.40. The Morgan fingerprint density at radius 1 is 1.31 bits per heavy atom. The maximum atomic E-state index is 9.53. The third-order valence-corrected chi connectivity index (χ3v) is 2.46. The van der Waals surface area contributed by atoms with Gasteiger partial charge in [-0.25, -0.2) is 0 Å². The second-order valence-electron chi connectivity index (χ2n) is 3.30. The molecule has 13 heavy (non-hydrogen) atoms. The summed E-state index contributed by atoms with van der Waals surface area (Å²) >= 11 is 0. The Morgan fingerprint density at radius 2 is 1.92 bits per heavy atom. The molecule has 5 atom stereocenters. The second kappa shape index (κ2) is 4.34. The van der Waals surface area contributed by atoms with Crippen LogP contribution in [0.2, 0.25) is 0 Å². The first kappa shape index (κ1) is 10.9. The van der Waals surface area contributed by atoms with Crippen LogP contribution in [-0.4, -0.2) is 53.6 Å². The zero-order valence-corrected chi connectivity index (χ0v) is 7.75. The van der Waals surface area contributed by atoms with Gasteiger partial charge in [0.25, 0.3) is 0 Å². The minimum absolute atomic E-state index is 0.280. The van der Waals surface area contributed by atoms with Crippen molar-refractivity contribution in [2.75, 3.05) is 13.7 Å². The van der Waals surface area contributed by atoms with E-state index in [-0.39, 0.29) is 12.5 Å². The van der Waals surface area contributed by atoms with Gasteiger partial charge < -0.3 is 24.8 Å². The monoisotopic (exact) mass is 192 g/mol. The van der Waals surface area contributed by atoms with Gasteiger partial charge in [0.1, 0.15) is 12.2 Å². The van der Waals surface area contributed by atoms with Crippen molar-refractivity contribution < 1.29 is 24.8 Å². The molecule has 0 unspecified atom stereocenters. The maximum Gasteiger partial charge on any atom is 0.183 e. The van der Waals surface area contributed by atoms with Gasteiger partial charge in [-0.15, -0.1) is 0 Å². The Balaban J connectivity index is 2.66. The molecule has 78 valence electrons. The lowest BCUT2D eigenvalue weighted by atomic mass is 9.91. The Labute approximate surface area is 76.9 Å². The van der Waals surface area contributed by atoms with Gasteiger partial charge in [0, 0.05) is 13.0 Å². The zero-order chi connectivity index (χ0) is 10.0. The number of rotatable bonds is 2. The normalized spacial score (nSPS) is 46.4. The van der Waals surface area contributed by atoms with Crippen LogP contribution >= 0.6 is 0 Å². The molecule has 0 spiro atoms. The SMILES string of the molecule is CO[C@H]1O[C@H](CO)[C@@H](O)[C@H](C)[C@H]1O. The van der Waals surface area contributed by atoms with Crippen LogP contribution in [0.5, 0.6) is 0 Å². The summed E-state index contributed by atoms with van der Waals surface area (Å²) in [4.78, 5) is 0. The van der Waals surface area contributed by atoms with Gasteiger partial charge in [0.05, 0.1) is 12.7 Å². The highest BCUT2D eigenvalue weighted by atomic mass is 16.7. The van der Waals surface area contributed by atoms with Crippen LogP contribution in [0, 0.1) is 5.92 Å². The van der Waals surface area contributed by atoms with E-state index in [2.05, 4.69) is 0 Å². The topological polar surface area (TPSA) is 79.2 Å². The van der Waals surface area contributed by atoms with E-state index in [4.69, 9.17) is 14.6 Å². The molecule has 0 saturated carbocycles. The molecule has 3 N–H and O–H groups in total. The van der Waals surface area contributed by atoms with Crippen LogP contribution in [0.25, 0.3) is 0 Å². The summed E-state index contributed by atoms with van der Waals surface area (Å²) in [5.41, 5.74) is 0. The van der Waals surface area contributed by atoms with Crippen LogP contribution in [0.3, 0.4) is 0 Å². The molecule has 0 aromatic carbocycles. The van der Waals surface area contributed by atoms with E-state index >= 15 is 0 Å². The Hall–Kier alpha value is -0.200. The largest absolute Gasteiger partial charge is 0.394 e. The highest BCUT2D eigenvalue weighted by molar-refractivity contribution is 4.86. The molecule has 0 amide bonds. The van der Waals surface area contributed by atoms with E-state index in [9.17, 15) is 10.2 Å². The lowest BCUT2D eigenvalue weighted by molar-refractivity contribution is -0.280.